The number of H-pyrrole nitrogens is 1. The number of amides is 3. The molecule has 2 heterocycles. The van der Waals surface area contributed by atoms with E-state index >= 15 is 0 Å². The summed E-state index contributed by atoms with van der Waals surface area (Å²) in [5.41, 5.74) is 3.25. The fourth-order valence-corrected chi connectivity index (χ4v) is 6.20. The van der Waals surface area contributed by atoms with Gasteiger partial charge in [0.25, 0.3) is 0 Å². The highest BCUT2D eigenvalue weighted by atomic mass is 79.9. The van der Waals surface area contributed by atoms with E-state index in [1.165, 1.54) is 11.0 Å². The minimum atomic E-state index is -0.995. The van der Waals surface area contributed by atoms with Gasteiger partial charge in [-0.3, -0.25) is 19.2 Å². The Kier molecular flexibility index (Phi) is 11.3. The first-order valence-corrected chi connectivity index (χ1v) is 16.3. The number of benzene rings is 2. The molecule has 4 N–H and O–H groups in total. The molecule has 0 radical (unpaired) electrons. The Bertz CT molecular complexity index is 1630. The van der Waals surface area contributed by atoms with E-state index in [0.29, 0.717) is 16.5 Å². The molecule has 0 fully saturated rings. The third-order valence-corrected chi connectivity index (χ3v) is 9.31. The highest BCUT2D eigenvalue weighted by Gasteiger charge is 2.34. The van der Waals surface area contributed by atoms with Crippen LogP contribution in [0.2, 0.25) is 0 Å². The van der Waals surface area contributed by atoms with Crippen LogP contribution in [0.25, 0.3) is 10.9 Å². The maximum atomic E-state index is 14.2. The molecule has 246 valence electrons. The van der Waals surface area contributed by atoms with E-state index in [1.807, 2.05) is 57.3 Å². The molecular formula is C35H43BrN4O6. The number of hydrogen-bond acceptors (Lipinski definition) is 6. The fraction of sp³-hybridized carbons (Fsp3) is 0.429. The second-order valence-electron chi connectivity index (χ2n) is 12.4. The number of carbonyl (C=O) groups is 4. The van der Waals surface area contributed by atoms with Crippen molar-refractivity contribution in [1.29, 1.82) is 0 Å². The van der Waals surface area contributed by atoms with Crippen LogP contribution in [-0.2, 0) is 30.3 Å². The summed E-state index contributed by atoms with van der Waals surface area (Å²) in [6, 6.07) is 9.71. The second-order valence-corrected chi connectivity index (χ2v) is 13.3. The van der Waals surface area contributed by atoms with Gasteiger partial charge in [-0.25, -0.2) is 0 Å². The van der Waals surface area contributed by atoms with E-state index in [4.69, 9.17) is 4.74 Å². The summed E-state index contributed by atoms with van der Waals surface area (Å²) >= 11 is 3.33. The molecular weight excluding hydrogens is 652 g/mol. The van der Waals surface area contributed by atoms with Crippen LogP contribution in [0.15, 0.2) is 64.8 Å². The number of nitrogens with zero attached hydrogens (tertiary/aromatic N) is 1. The van der Waals surface area contributed by atoms with Gasteiger partial charge in [0, 0.05) is 42.4 Å². The highest BCUT2D eigenvalue weighted by molar-refractivity contribution is 9.10. The van der Waals surface area contributed by atoms with Gasteiger partial charge in [0.2, 0.25) is 17.7 Å². The zero-order chi connectivity index (χ0) is 33.7. The highest BCUT2D eigenvalue weighted by Crippen LogP contribution is 2.30. The van der Waals surface area contributed by atoms with Gasteiger partial charge in [0.1, 0.15) is 23.9 Å². The maximum absolute atomic E-state index is 14.2. The van der Waals surface area contributed by atoms with Gasteiger partial charge in [-0.1, -0.05) is 49.8 Å². The first kappa shape index (κ1) is 34.7. The first-order chi connectivity index (χ1) is 21.7. The molecule has 3 amide bonds. The van der Waals surface area contributed by atoms with Crippen molar-refractivity contribution in [3.8, 4) is 5.75 Å². The van der Waals surface area contributed by atoms with E-state index in [9.17, 15) is 24.3 Å². The number of aromatic nitrogens is 1. The Balaban J connectivity index is 1.75. The van der Waals surface area contributed by atoms with Crippen LogP contribution in [0.3, 0.4) is 0 Å². The van der Waals surface area contributed by atoms with Crippen LogP contribution in [0.5, 0.6) is 5.75 Å². The average Bonchev–Trinajstić information content (AvgIpc) is 3.42. The second kappa shape index (κ2) is 15.0. The standard InChI is InChI=1S/C35H43BrN4O6/c1-19-13-20(2)23(5)46-32(42)17-29(24-11-12-31(41)27(36)15-24)39-34(44)30(16-25-18-37-28-10-8-7-9-26(25)28)40(6)35(45)22(4)38-33(43)21(3)14-19/h7-13,15,18,20-23,29-30,37,41H,14,16-17H2,1-6H3,(H,38,43)(H,39,44)/b19-13-/t20-,21-,22-,23+,29?,30+/m0/s1. The Labute approximate surface area is 278 Å². The number of ether oxygens (including phenoxy) is 1. The fourth-order valence-electron chi connectivity index (χ4n) is 5.81. The molecule has 0 aliphatic carbocycles. The van der Waals surface area contributed by atoms with Crippen LogP contribution in [0.4, 0.5) is 0 Å². The number of likely N-dealkylation sites (N-methyl/N-ethyl adjacent to an activating group) is 1. The lowest BCUT2D eigenvalue weighted by atomic mass is 9.96. The first-order valence-electron chi connectivity index (χ1n) is 15.5. The molecule has 0 saturated heterocycles. The van der Waals surface area contributed by atoms with Gasteiger partial charge in [0.15, 0.2) is 0 Å². The molecule has 1 aliphatic heterocycles. The van der Waals surface area contributed by atoms with Crippen molar-refractivity contribution in [2.45, 2.75) is 78.1 Å². The zero-order valence-electron chi connectivity index (χ0n) is 27.1. The van der Waals surface area contributed by atoms with Gasteiger partial charge in [0.05, 0.1) is 16.9 Å². The molecule has 10 nitrogen and oxygen atoms in total. The number of rotatable bonds is 3. The lowest BCUT2D eigenvalue weighted by Crippen LogP contribution is -2.55. The van der Waals surface area contributed by atoms with Crippen LogP contribution in [0, 0.1) is 11.8 Å². The van der Waals surface area contributed by atoms with Crippen LogP contribution >= 0.6 is 15.9 Å². The van der Waals surface area contributed by atoms with Gasteiger partial charge >= 0.3 is 5.97 Å². The average molecular weight is 696 g/mol. The van der Waals surface area contributed by atoms with Gasteiger partial charge in [-0.05, 0) is 72.4 Å². The largest absolute Gasteiger partial charge is 0.507 e. The molecule has 3 aromatic rings. The van der Waals surface area contributed by atoms with E-state index in [-0.39, 0.29) is 30.4 Å². The predicted molar refractivity (Wildman–Crippen MR) is 180 cm³/mol. The molecule has 6 atom stereocenters. The van der Waals surface area contributed by atoms with E-state index < -0.39 is 47.9 Å². The number of phenols is 1. The van der Waals surface area contributed by atoms with Crippen molar-refractivity contribution >= 4 is 50.5 Å². The number of aromatic hydroxyl groups is 1. The molecule has 46 heavy (non-hydrogen) atoms. The number of fused-ring (bicyclic) bond motifs is 1. The quantitative estimate of drug-likeness (QED) is 0.216. The molecule has 1 aromatic heterocycles. The minimum Gasteiger partial charge on any atom is -0.507 e. The summed E-state index contributed by atoms with van der Waals surface area (Å²) in [6.45, 7) is 9.09. The molecule has 0 spiro atoms. The third kappa shape index (κ3) is 8.37. The Morgan fingerprint density at radius 2 is 1.70 bits per heavy atom. The number of aromatic amines is 1. The number of allylic oxidation sites excluding steroid dienone is 1. The number of halogens is 1. The summed E-state index contributed by atoms with van der Waals surface area (Å²) in [7, 11) is 1.54. The lowest BCUT2D eigenvalue weighted by Gasteiger charge is -2.32. The summed E-state index contributed by atoms with van der Waals surface area (Å²) in [4.78, 5) is 59.0. The lowest BCUT2D eigenvalue weighted by molar-refractivity contribution is -0.150. The van der Waals surface area contributed by atoms with Gasteiger partial charge in [-0.15, -0.1) is 0 Å². The molecule has 0 bridgehead atoms. The number of phenolic OH excluding ortho intramolecular Hbond substituents is 1. The summed E-state index contributed by atoms with van der Waals surface area (Å²) < 4.78 is 6.21. The maximum Gasteiger partial charge on any atom is 0.308 e. The summed E-state index contributed by atoms with van der Waals surface area (Å²) in [6.07, 6.45) is 3.80. The van der Waals surface area contributed by atoms with E-state index in [1.54, 1.807) is 33.0 Å². The van der Waals surface area contributed by atoms with E-state index in [0.717, 1.165) is 22.0 Å². The third-order valence-electron chi connectivity index (χ3n) is 8.68. The molecule has 2 aromatic carbocycles. The van der Waals surface area contributed by atoms with Crippen molar-refractivity contribution < 1.29 is 29.0 Å². The number of para-hydroxylation sites is 1. The van der Waals surface area contributed by atoms with Crippen LogP contribution < -0.4 is 10.6 Å². The van der Waals surface area contributed by atoms with Crippen molar-refractivity contribution in [1.82, 2.24) is 20.5 Å². The van der Waals surface area contributed by atoms with Crippen LogP contribution in [-0.4, -0.2) is 63.9 Å². The van der Waals surface area contributed by atoms with Crippen molar-refractivity contribution in [2.75, 3.05) is 7.05 Å². The number of carbonyl (C=O) groups excluding carboxylic acids is 4. The number of cyclic esters (lactones) is 1. The Morgan fingerprint density at radius 3 is 2.41 bits per heavy atom. The Hall–Kier alpha value is -4.12. The van der Waals surface area contributed by atoms with E-state index in [2.05, 4.69) is 31.5 Å². The molecule has 11 heteroatoms. The topological polar surface area (TPSA) is 141 Å². The van der Waals surface area contributed by atoms with Gasteiger partial charge < -0.3 is 30.4 Å². The molecule has 4 rings (SSSR count). The number of esters is 1. The summed E-state index contributed by atoms with van der Waals surface area (Å²) in [5.74, 6) is -2.24. The van der Waals surface area contributed by atoms with Crippen molar-refractivity contribution in [3.63, 3.8) is 0 Å². The monoisotopic (exact) mass is 694 g/mol. The van der Waals surface area contributed by atoms with Crippen LogP contribution in [0.1, 0.15) is 64.6 Å². The normalized spacial score (nSPS) is 27.2. The van der Waals surface area contributed by atoms with Crippen molar-refractivity contribution in [2.24, 2.45) is 11.8 Å². The molecule has 1 aliphatic rings. The summed E-state index contributed by atoms with van der Waals surface area (Å²) in [5, 5.41) is 16.9. The SMILES string of the molecule is C/C1=C/[C@H](C)[C@@H](C)OC(=O)CC(c2ccc(O)c(Br)c2)NC(=O)[C@@H](Cc2c[nH]c3ccccc23)N(C)C(=O)[C@H](C)NC(=O)[C@@H](C)C1. The molecule has 0 saturated carbocycles. The zero-order valence-corrected chi connectivity index (χ0v) is 28.7. The number of hydrogen-bond donors (Lipinski definition) is 4. The van der Waals surface area contributed by atoms with Gasteiger partial charge in [-0.2, -0.15) is 0 Å². The number of nitrogens with one attached hydrogen (secondary N) is 3. The smallest absolute Gasteiger partial charge is 0.308 e. The Morgan fingerprint density at radius 1 is 0.978 bits per heavy atom. The minimum absolute atomic E-state index is 0.00958. The van der Waals surface area contributed by atoms with Crippen molar-refractivity contribution in [3.05, 3.63) is 75.9 Å². The predicted octanol–water partition coefficient (Wildman–Crippen LogP) is 5.31. The molecule has 1 unspecified atom stereocenters.